The molecular weight excluding hydrogens is 268 g/mol. The molecule has 6 nitrogen and oxygen atoms in total. The highest BCUT2D eigenvalue weighted by atomic mass is 16.2. The molecule has 0 aromatic carbocycles. The molecule has 0 spiro atoms. The van der Waals surface area contributed by atoms with E-state index >= 15 is 0 Å². The first kappa shape index (κ1) is 13.5. The zero-order valence-corrected chi connectivity index (χ0v) is 11.5. The van der Waals surface area contributed by atoms with E-state index in [1.807, 2.05) is 0 Å². The van der Waals surface area contributed by atoms with Gasteiger partial charge in [-0.25, -0.2) is 0 Å². The second-order valence-corrected chi connectivity index (χ2v) is 5.15. The fourth-order valence-corrected chi connectivity index (χ4v) is 2.67. The molecule has 0 bridgehead atoms. The molecule has 2 aromatic rings. The lowest BCUT2D eigenvalue weighted by atomic mass is 9.95. The van der Waals surface area contributed by atoms with E-state index in [1.165, 1.54) is 6.07 Å². The Balaban J connectivity index is 1.77. The van der Waals surface area contributed by atoms with Crippen LogP contribution in [0.1, 0.15) is 34.9 Å². The normalized spacial score (nSPS) is 18.5. The van der Waals surface area contributed by atoms with E-state index in [9.17, 15) is 9.59 Å². The Morgan fingerprint density at radius 2 is 2.24 bits per heavy atom. The van der Waals surface area contributed by atoms with Crippen LogP contribution in [0.3, 0.4) is 0 Å². The van der Waals surface area contributed by atoms with Gasteiger partial charge in [0.15, 0.2) is 0 Å². The minimum absolute atomic E-state index is 0.138. The molecule has 1 fully saturated rings. The van der Waals surface area contributed by atoms with Gasteiger partial charge in [0.2, 0.25) is 5.56 Å². The molecule has 0 aliphatic carbocycles. The maximum absolute atomic E-state index is 12.4. The van der Waals surface area contributed by atoms with Crippen molar-refractivity contribution in [2.24, 2.45) is 0 Å². The summed E-state index contributed by atoms with van der Waals surface area (Å²) in [6.07, 6.45) is 6.98. The number of hydrogen-bond donors (Lipinski definition) is 1. The van der Waals surface area contributed by atoms with Gasteiger partial charge in [-0.15, -0.1) is 0 Å². The smallest absolute Gasteiger partial charge is 0.270 e. The fourth-order valence-electron chi connectivity index (χ4n) is 2.67. The van der Waals surface area contributed by atoms with Gasteiger partial charge < -0.3 is 9.88 Å². The molecule has 1 amide bonds. The first-order chi connectivity index (χ1) is 10.2. The monoisotopic (exact) mass is 284 g/mol. The number of aromatic amines is 1. The number of H-pyrrole nitrogens is 1. The third kappa shape index (κ3) is 2.99. The standard InChI is InChI=1S/C15H16N4O2/c20-14-5-1-4-12(18-14)15(21)19-8-2-3-11(10-19)13-9-16-6-7-17-13/h1,4-7,9,11H,2-3,8,10H2,(H,18,20)/t11-/m1/s1. The molecule has 1 aliphatic rings. The summed E-state index contributed by atoms with van der Waals surface area (Å²) in [4.78, 5) is 36.5. The number of aromatic nitrogens is 3. The Kier molecular flexibility index (Phi) is 3.77. The zero-order valence-electron chi connectivity index (χ0n) is 11.5. The largest absolute Gasteiger partial charge is 0.337 e. The van der Waals surface area contributed by atoms with Gasteiger partial charge in [-0.1, -0.05) is 6.07 Å². The first-order valence-electron chi connectivity index (χ1n) is 6.98. The molecular formula is C15H16N4O2. The number of carbonyl (C=O) groups is 1. The molecule has 1 saturated heterocycles. The van der Waals surface area contributed by atoms with Crippen molar-refractivity contribution >= 4 is 5.91 Å². The summed E-state index contributed by atoms with van der Waals surface area (Å²) in [5.74, 6) is 0.0631. The summed E-state index contributed by atoms with van der Waals surface area (Å²) < 4.78 is 0. The molecule has 0 radical (unpaired) electrons. The molecule has 21 heavy (non-hydrogen) atoms. The second-order valence-electron chi connectivity index (χ2n) is 5.15. The predicted molar refractivity (Wildman–Crippen MR) is 77.0 cm³/mol. The summed E-state index contributed by atoms with van der Waals surface area (Å²) in [6, 6.07) is 4.63. The van der Waals surface area contributed by atoms with Crippen molar-refractivity contribution in [1.82, 2.24) is 19.9 Å². The van der Waals surface area contributed by atoms with E-state index in [-0.39, 0.29) is 17.4 Å². The summed E-state index contributed by atoms with van der Waals surface area (Å²) in [5, 5.41) is 0. The van der Waals surface area contributed by atoms with E-state index in [4.69, 9.17) is 0 Å². The Hall–Kier alpha value is -2.50. The van der Waals surface area contributed by atoms with Gasteiger partial charge in [0.25, 0.3) is 5.91 Å². The molecule has 3 heterocycles. The van der Waals surface area contributed by atoms with Gasteiger partial charge in [-0.2, -0.15) is 0 Å². The van der Waals surface area contributed by atoms with Crippen molar-refractivity contribution in [1.29, 1.82) is 0 Å². The Morgan fingerprint density at radius 1 is 1.33 bits per heavy atom. The lowest BCUT2D eigenvalue weighted by Gasteiger charge is -2.32. The summed E-state index contributed by atoms with van der Waals surface area (Å²) in [5.41, 5.74) is 0.988. The zero-order chi connectivity index (χ0) is 14.7. The Labute approximate surface area is 121 Å². The topological polar surface area (TPSA) is 79.0 Å². The number of likely N-dealkylation sites (tertiary alicyclic amines) is 1. The molecule has 1 aliphatic heterocycles. The minimum atomic E-state index is -0.261. The summed E-state index contributed by atoms with van der Waals surface area (Å²) in [7, 11) is 0. The number of carbonyl (C=O) groups excluding carboxylic acids is 1. The van der Waals surface area contributed by atoms with Crippen molar-refractivity contribution in [2.45, 2.75) is 18.8 Å². The quantitative estimate of drug-likeness (QED) is 0.898. The Bertz CT molecular complexity index is 683. The van der Waals surface area contributed by atoms with Crippen LogP contribution in [0.2, 0.25) is 0 Å². The predicted octanol–water partition coefficient (Wildman–Crippen LogP) is 1.18. The first-order valence-corrected chi connectivity index (χ1v) is 6.98. The number of hydrogen-bond acceptors (Lipinski definition) is 4. The number of nitrogens with zero attached hydrogens (tertiary/aromatic N) is 3. The van der Waals surface area contributed by atoms with Crippen LogP contribution in [0.5, 0.6) is 0 Å². The van der Waals surface area contributed by atoms with Crippen molar-refractivity contribution in [3.05, 3.63) is 58.5 Å². The maximum atomic E-state index is 12.4. The Morgan fingerprint density at radius 3 is 3.00 bits per heavy atom. The van der Waals surface area contributed by atoms with Crippen LogP contribution in [0, 0.1) is 0 Å². The highest BCUT2D eigenvalue weighted by molar-refractivity contribution is 5.92. The molecule has 108 valence electrons. The third-order valence-corrected chi connectivity index (χ3v) is 3.71. The maximum Gasteiger partial charge on any atom is 0.270 e. The summed E-state index contributed by atoms with van der Waals surface area (Å²) in [6.45, 7) is 1.31. The average Bonchev–Trinajstić information content (AvgIpc) is 2.55. The van der Waals surface area contributed by atoms with Crippen LogP contribution in [0.15, 0.2) is 41.6 Å². The van der Waals surface area contributed by atoms with Crippen molar-refractivity contribution in [3.63, 3.8) is 0 Å². The molecule has 6 heteroatoms. The van der Waals surface area contributed by atoms with Gasteiger partial charge in [0.05, 0.1) is 5.69 Å². The van der Waals surface area contributed by atoms with E-state index < -0.39 is 0 Å². The minimum Gasteiger partial charge on any atom is -0.337 e. The lowest BCUT2D eigenvalue weighted by molar-refractivity contribution is 0.0699. The fraction of sp³-hybridized carbons (Fsp3) is 0.333. The lowest BCUT2D eigenvalue weighted by Crippen LogP contribution is -2.40. The molecule has 0 unspecified atom stereocenters. The van der Waals surface area contributed by atoms with Crippen LogP contribution >= 0.6 is 0 Å². The van der Waals surface area contributed by atoms with Crippen LogP contribution in [0.4, 0.5) is 0 Å². The highest BCUT2D eigenvalue weighted by Gasteiger charge is 2.26. The van der Waals surface area contributed by atoms with Crippen molar-refractivity contribution in [2.75, 3.05) is 13.1 Å². The van der Waals surface area contributed by atoms with Gasteiger partial charge in [0, 0.05) is 43.7 Å². The van der Waals surface area contributed by atoms with E-state index in [2.05, 4.69) is 15.0 Å². The summed E-state index contributed by atoms with van der Waals surface area (Å²) >= 11 is 0. The molecule has 0 saturated carbocycles. The van der Waals surface area contributed by atoms with Crippen molar-refractivity contribution in [3.8, 4) is 0 Å². The highest BCUT2D eigenvalue weighted by Crippen LogP contribution is 2.25. The van der Waals surface area contributed by atoms with Crippen LogP contribution < -0.4 is 5.56 Å². The molecule has 2 aromatic heterocycles. The number of rotatable bonds is 2. The number of nitrogens with one attached hydrogen (secondary N) is 1. The third-order valence-electron chi connectivity index (χ3n) is 3.71. The van der Waals surface area contributed by atoms with Crippen LogP contribution in [0.25, 0.3) is 0 Å². The number of amides is 1. The molecule has 1 atom stereocenters. The van der Waals surface area contributed by atoms with Gasteiger partial charge in [-0.3, -0.25) is 19.6 Å². The average molecular weight is 284 g/mol. The van der Waals surface area contributed by atoms with Gasteiger partial charge in [0.1, 0.15) is 5.69 Å². The number of pyridine rings is 1. The van der Waals surface area contributed by atoms with Crippen LogP contribution in [-0.4, -0.2) is 38.8 Å². The van der Waals surface area contributed by atoms with E-state index in [0.717, 1.165) is 18.5 Å². The van der Waals surface area contributed by atoms with Crippen LogP contribution in [-0.2, 0) is 0 Å². The van der Waals surface area contributed by atoms with E-state index in [0.29, 0.717) is 18.8 Å². The van der Waals surface area contributed by atoms with Gasteiger partial charge >= 0.3 is 0 Å². The second kappa shape index (κ2) is 5.87. The number of piperidine rings is 1. The molecule has 3 rings (SSSR count). The van der Waals surface area contributed by atoms with Gasteiger partial charge in [-0.05, 0) is 18.9 Å². The van der Waals surface area contributed by atoms with Crippen molar-refractivity contribution < 1.29 is 4.79 Å². The molecule has 1 N–H and O–H groups in total. The SMILES string of the molecule is O=C(c1cccc(=O)[nH]1)N1CCC[C@@H](c2cnccn2)C1. The van der Waals surface area contributed by atoms with E-state index in [1.54, 1.807) is 35.6 Å².